The van der Waals surface area contributed by atoms with E-state index in [-0.39, 0.29) is 5.91 Å². The molecule has 0 fully saturated rings. The van der Waals surface area contributed by atoms with Gasteiger partial charge in [0.15, 0.2) is 5.13 Å². The van der Waals surface area contributed by atoms with E-state index in [1.165, 1.54) is 16.0 Å². The molecule has 4 rings (SSSR count). The van der Waals surface area contributed by atoms with Crippen LogP contribution in [-0.4, -0.2) is 20.7 Å². The van der Waals surface area contributed by atoms with Gasteiger partial charge in [-0.2, -0.15) is 5.10 Å². The summed E-state index contributed by atoms with van der Waals surface area (Å²) >= 11 is 1.55. The topological polar surface area (TPSA) is 59.8 Å². The number of hydrogen-bond acceptors (Lipinski definition) is 4. The molecule has 1 aliphatic rings. The first kappa shape index (κ1) is 14.1. The lowest BCUT2D eigenvalue weighted by molar-refractivity contribution is 0.101. The molecular weight excluding hydrogens is 308 g/mol. The number of aromatic nitrogens is 3. The number of hydrogen-bond donors (Lipinski definition) is 1. The SMILES string of the molecule is CCn1nc(C)cc1C(=O)Nc1nc2c(s1)Cc1ccccc1-2. The minimum atomic E-state index is -0.159. The molecule has 0 spiro atoms. The summed E-state index contributed by atoms with van der Waals surface area (Å²) in [5.41, 5.74) is 4.89. The van der Waals surface area contributed by atoms with Crippen LogP contribution in [0.15, 0.2) is 30.3 Å². The Bertz CT molecular complexity index is 909. The van der Waals surface area contributed by atoms with E-state index in [9.17, 15) is 4.79 Å². The van der Waals surface area contributed by atoms with Gasteiger partial charge in [-0.25, -0.2) is 4.98 Å². The first-order chi connectivity index (χ1) is 11.2. The summed E-state index contributed by atoms with van der Waals surface area (Å²) < 4.78 is 1.71. The van der Waals surface area contributed by atoms with Gasteiger partial charge in [0.25, 0.3) is 5.91 Å². The number of anilines is 1. The van der Waals surface area contributed by atoms with Crippen molar-refractivity contribution in [1.82, 2.24) is 14.8 Å². The van der Waals surface area contributed by atoms with Crippen molar-refractivity contribution in [3.05, 3.63) is 52.2 Å². The van der Waals surface area contributed by atoms with Crippen molar-refractivity contribution in [2.24, 2.45) is 0 Å². The van der Waals surface area contributed by atoms with Crippen LogP contribution >= 0.6 is 11.3 Å². The summed E-state index contributed by atoms with van der Waals surface area (Å²) in [4.78, 5) is 18.3. The van der Waals surface area contributed by atoms with Gasteiger partial charge >= 0.3 is 0 Å². The normalized spacial score (nSPS) is 12.1. The van der Waals surface area contributed by atoms with Crippen LogP contribution in [0.25, 0.3) is 11.3 Å². The van der Waals surface area contributed by atoms with Crippen LogP contribution in [0.1, 0.15) is 33.5 Å². The second kappa shape index (κ2) is 5.31. The highest BCUT2D eigenvalue weighted by molar-refractivity contribution is 7.16. The van der Waals surface area contributed by atoms with Gasteiger partial charge in [0, 0.05) is 23.4 Å². The molecule has 1 N–H and O–H groups in total. The van der Waals surface area contributed by atoms with Crippen LogP contribution in [0, 0.1) is 6.92 Å². The number of nitrogens with zero attached hydrogens (tertiary/aromatic N) is 3. The number of aryl methyl sites for hydroxylation is 2. The molecule has 2 heterocycles. The molecule has 1 amide bonds. The average Bonchev–Trinajstić information content (AvgIpc) is 3.19. The zero-order chi connectivity index (χ0) is 16.0. The number of rotatable bonds is 3. The van der Waals surface area contributed by atoms with E-state index in [2.05, 4.69) is 27.5 Å². The minimum Gasteiger partial charge on any atom is -0.296 e. The number of nitrogens with one attached hydrogen (secondary N) is 1. The second-order valence-electron chi connectivity index (χ2n) is 5.57. The summed E-state index contributed by atoms with van der Waals surface area (Å²) in [5, 5.41) is 7.87. The zero-order valence-corrected chi connectivity index (χ0v) is 13.8. The van der Waals surface area contributed by atoms with E-state index in [1.807, 2.05) is 26.0 Å². The highest BCUT2D eigenvalue weighted by Crippen LogP contribution is 2.40. The molecule has 6 heteroatoms. The number of thiazole rings is 1. The predicted octanol–water partition coefficient (Wildman–Crippen LogP) is 3.49. The van der Waals surface area contributed by atoms with Crippen molar-refractivity contribution < 1.29 is 4.79 Å². The Hall–Kier alpha value is -2.47. The Kier molecular flexibility index (Phi) is 3.27. The standard InChI is InChI=1S/C17H16N4OS/c1-3-21-13(8-10(2)20-21)16(22)19-17-18-15-12-7-5-4-6-11(12)9-14(15)23-17/h4-8H,3,9H2,1-2H3,(H,18,19,22). The van der Waals surface area contributed by atoms with E-state index in [0.717, 1.165) is 17.8 Å². The fraction of sp³-hybridized carbons (Fsp3) is 0.235. The van der Waals surface area contributed by atoms with Crippen LogP contribution in [0.4, 0.5) is 5.13 Å². The van der Waals surface area contributed by atoms with Crippen molar-refractivity contribution >= 4 is 22.4 Å². The van der Waals surface area contributed by atoms with Crippen LogP contribution < -0.4 is 5.32 Å². The molecule has 1 aliphatic carbocycles. The number of fused-ring (bicyclic) bond motifs is 3. The molecule has 0 atom stereocenters. The molecule has 0 aliphatic heterocycles. The summed E-state index contributed by atoms with van der Waals surface area (Å²) in [6.07, 6.45) is 0.894. The van der Waals surface area contributed by atoms with Crippen LogP contribution in [0.2, 0.25) is 0 Å². The maximum absolute atomic E-state index is 12.5. The van der Waals surface area contributed by atoms with E-state index in [1.54, 1.807) is 22.1 Å². The van der Waals surface area contributed by atoms with Crippen LogP contribution in [0.3, 0.4) is 0 Å². The third-order valence-corrected chi connectivity index (χ3v) is 4.95. The van der Waals surface area contributed by atoms with Gasteiger partial charge in [0.2, 0.25) is 0 Å². The van der Waals surface area contributed by atoms with Gasteiger partial charge in [-0.3, -0.25) is 14.8 Å². The smallest absolute Gasteiger partial charge is 0.275 e. The van der Waals surface area contributed by atoms with E-state index < -0.39 is 0 Å². The van der Waals surface area contributed by atoms with Crippen molar-refractivity contribution in [2.45, 2.75) is 26.8 Å². The molecular formula is C17H16N4OS. The third kappa shape index (κ3) is 2.35. The summed E-state index contributed by atoms with van der Waals surface area (Å²) in [6.45, 7) is 4.52. The first-order valence-electron chi connectivity index (χ1n) is 7.59. The molecule has 0 bridgehead atoms. The zero-order valence-electron chi connectivity index (χ0n) is 13.0. The van der Waals surface area contributed by atoms with Crippen LogP contribution in [-0.2, 0) is 13.0 Å². The van der Waals surface area contributed by atoms with Gasteiger partial charge in [-0.15, -0.1) is 11.3 Å². The van der Waals surface area contributed by atoms with Gasteiger partial charge in [-0.05, 0) is 25.5 Å². The minimum absolute atomic E-state index is 0.159. The van der Waals surface area contributed by atoms with E-state index >= 15 is 0 Å². The molecule has 3 aromatic rings. The first-order valence-corrected chi connectivity index (χ1v) is 8.41. The van der Waals surface area contributed by atoms with E-state index in [0.29, 0.717) is 17.4 Å². The second-order valence-corrected chi connectivity index (χ2v) is 6.65. The molecule has 5 nitrogen and oxygen atoms in total. The highest BCUT2D eigenvalue weighted by atomic mass is 32.1. The molecule has 0 saturated carbocycles. The molecule has 23 heavy (non-hydrogen) atoms. The number of carbonyl (C=O) groups is 1. The Labute approximate surface area is 138 Å². The summed E-state index contributed by atoms with van der Waals surface area (Å²) in [6, 6.07) is 10.1. The van der Waals surface area contributed by atoms with Crippen molar-refractivity contribution in [3.63, 3.8) is 0 Å². The molecule has 116 valence electrons. The lowest BCUT2D eigenvalue weighted by Gasteiger charge is -2.04. The lowest BCUT2D eigenvalue weighted by Crippen LogP contribution is -2.17. The molecule has 2 aromatic heterocycles. The maximum Gasteiger partial charge on any atom is 0.275 e. The molecule has 0 saturated heterocycles. The molecule has 1 aromatic carbocycles. The lowest BCUT2D eigenvalue weighted by atomic mass is 10.1. The molecule has 0 radical (unpaired) electrons. The van der Waals surface area contributed by atoms with Gasteiger partial charge in [0.05, 0.1) is 11.4 Å². The molecule has 0 unspecified atom stereocenters. The van der Waals surface area contributed by atoms with Gasteiger partial charge in [0.1, 0.15) is 5.69 Å². The fourth-order valence-corrected chi connectivity index (χ4v) is 3.94. The van der Waals surface area contributed by atoms with Crippen molar-refractivity contribution in [3.8, 4) is 11.3 Å². The van der Waals surface area contributed by atoms with E-state index in [4.69, 9.17) is 0 Å². The highest BCUT2D eigenvalue weighted by Gasteiger charge is 2.24. The Morgan fingerprint density at radius 1 is 1.39 bits per heavy atom. The summed E-state index contributed by atoms with van der Waals surface area (Å²) in [5.74, 6) is -0.159. The number of benzene rings is 1. The Morgan fingerprint density at radius 2 is 2.22 bits per heavy atom. The maximum atomic E-state index is 12.5. The number of carbonyl (C=O) groups excluding carboxylic acids is 1. The third-order valence-electron chi connectivity index (χ3n) is 3.98. The fourth-order valence-electron chi connectivity index (χ4n) is 2.94. The Balaban J connectivity index is 1.61. The quantitative estimate of drug-likeness (QED) is 0.627. The van der Waals surface area contributed by atoms with Gasteiger partial charge < -0.3 is 0 Å². The van der Waals surface area contributed by atoms with Crippen molar-refractivity contribution in [1.29, 1.82) is 0 Å². The predicted molar refractivity (Wildman–Crippen MR) is 90.9 cm³/mol. The largest absolute Gasteiger partial charge is 0.296 e. The van der Waals surface area contributed by atoms with Crippen LogP contribution in [0.5, 0.6) is 0 Å². The summed E-state index contributed by atoms with van der Waals surface area (Å²) in [7, 11) is 0. The monoisotopic (exact) mass is 324 g/mol. The van der Waals surface area contributed by atoms with Gasteiger partial charge in [-0.1, -0.05) is 24.3 Å². The Morgan fingerprint density at radius 3 is 3.04 bits per heavy atom. The van der Waals surface area contributed by atoms with Crippen molar-refractivity contribution in [2.75, 3.05) is 5.32 Å². The number of amides is 1. The average molecular weight is 324 g/mol.